The molecule has 1 amide bonds. The lowest BCUT2D eigenvalue weighted by molar-refractivity contribution is -0.114. The molecule has 0 aromatic heterocycles. The molecule has 0 fully saturated rings. The minimum atomic E-state index is -0.539. The largest absolute Gasteiger partial charge is 0.497 e. The van der Waals surface area contributed by atoms with Gasteiger partial charge in [-0.2, -0.15) is 0 Å². The highest BCUT2D eigenvalue weighted by atomic mass is 35.5. The first-order valence-electron chi connectivity index (χ1n) is 7.53. The van der Waals surface area contributed by atoms with E-state index in [0.717, 1.165) is 11.5 Å². The Bertz CT molecular complexity index is 773. The van der Waals surface area contributed by atoms with Gasteiger partial charge < -0.3 is 14.4 Å². The van der Waals surface area contributed by atoms with Gasteiger partial charge in [-0.1, -0.05) is 17.7 Å². The number of carbonyl (C=O) groups excluding carboxylic acids is 2. The van der Waals surface area contributed by atoms with Crippen molar-refractivity contribution in [3.63, 3.8) is 0 Å². The van der Waals surface area contributed by atoms with E-state index in [1.54, 1.807) is 25.3 Å². The third-order valence-electron chi connectivity index (χ3n) is 3.79. The molecule has 1 heterocycles. The molecule has 0 saturated carbocycles. The highest BCUT2D eigenvalue weighted by Gasteiger charge is 2.36. The van der Waals surface area contributed by atoms with Crippen LogP contribution in [0.2, 0.25) is 5.02 Å². The predicted octanol–water partition coefficient (Wildman–Crippen LogP) is 3.35. The van der Waals surface area contributed by atoms with Gasteiger partial charge in [-0.05, 0) is 42.8 Å². The summed E-state index contributed by atoms with van der Waals surface area (Å²) in [5.41, 5.74) is 0.863. The Morgan fingerprint density at radius 2 is 1.75 bits per heavy atom. The van der Waals surface area contributed by atoms with Crippen molar-refractivity contribution < 1.29 is 19.1 Å². The van der Waals surface area contributed by atoms with Crippen LogP contribution in [0.15, 0.2) is 42.5 Å². The average Bonchev–Trinajstić information content (AvgIpc) is 2.85. The van der Waals surface area contributed by atoms with Gasteiger partial charge in [0.25, 0.3) is 11.7 Å². The van der Waals surface area contributed by atoms with E-state index in [0.29, 0.717) is 35.8 Å². The summed E-state index contributed by atoms with van der Waals surface area (Å²) in [4.78, 5) is 25.5. The second kappa shape index (κ2) is 6.93. The number of hydrogen-bond acceptors (Lipinski definition) is 4. The molecule has 5 nitrogen and oxygen atoms in total. The number of methoxy groups -OCH3 is 1. The molecule has 3 rings (SSSR count). The standard InChI is InChI=1S/C18H16ClNO4/c1-23-12-6-8-13(9-7-12)24-11-3-10-20-16-14(17(21)18(20)22)4-2-5-15(16)19/h2,4-9H,3,10-11H2,1H3. The summed E-state index contributed by atoms with van der Waals surface area (Å²) in [5, 5.41) is 0.405. The zero-order valence-corrected chi connectivity index (χ0v) is 13.9. The summed E-state index contributed by atoms with van der Waals surface area (Å²) in [6.45, 7) is 0.793. The van der Waals surface area contributed by atoms with Gasteiger partial charge >= 0.3 is 0 Å². The molecule has 24 heavy (non-hydrogen) atoms. The number of ketones is 1. The number of fused-ring (bicyclic) bond motifs is 1. The molecule has 6 heteroatoms. The van der Waals surface area contributed by atoms with Crippen molar-refractivity contribution in [2.75, 3.05) is 25.2 Å². The van der Waals surface area contributed by atoms with Crippen LogP contribution < -0.4 is 14.4 Å². The maximum Gasteiger partial charge on any atom is 0.299 e. The summed E-state index contributed by atoms with van der Waals surface area (Å²) in [5.74, 6) is 0.430. The van der Waals surface area contributed by atoms with Crippen molar-refractivity contribution in [3.05, 3.63) is 53.1 Å². The zero-order chi connectivity index (χ0) is 17.1. The van der Waals surface area contributed by atoms with Crippen LogP contribution in [0.3, 0.4) is 0 Å². The lowest BCUT2D eigenvalue weighted by atomic mass is 10.1. The van der Waals surface area contributed by atoms with E-state index in [2.05, 4.69) is 0 Å². The van der Waals surface area contributed by atoms with E-state index in [1.165, 1.54) is 4.90 Å². The van der Waals surface area contributed by atoms with Crippen LogP contribution in [0.25, 0.3) is 0 Å². The number of halogens is 1. The van der Waals surface area contributed by atoms with Crippen LogP contribution >= 0.6 is 11.6 Å². The van der Waals surface area contributed by atoms with Gasteiger partial charge in [0, 0.05) is 6.54 Å². The average molecular weight is 346 g/mol. The number of benzene rings is 2. The number of carbonyl (C=O) groups is 2. The number of ether oxygens (including phenoxy) is 2. The smallest absolute Gasteiger partial charge is 0.299 e. The Hall–Kier alpha value is -2.53. The van der Waals surface area contributed by atoms with E-state index < -0.39 is 11.7 Å². The summed E-state index contributed by atoms with van der Waals surface area (Å²) in [7, 11) is 1.60. The molecule has 0 spiro atoms. The number of rotatable bonds is 6. The molecule has 1 aliphatic rings. The topological polar surface area (TPSA) is 55.8 Å². The molecular formula is C18H16ClNO4. The summed E-state index contributed by atoms with van der Waals surface area (Å²) in [6.07, 6.45) is 0.579. The molecular weight excluding hydrogens is 330 g/mol. The minimum Gasteiger partial charge on any atom is -0.497 e. The fourth-order valence-electron chi connectivity index (χ4n) is 2.61. The lowest BCUT2D eigenvalue weighted by Gasteiger charge is -2.17. The molecule has 0 atom stereocenters. The van der Waals surface area contributed by atoms with Crippen LogP contribution in [0.4, 0.5) is 5.69 Å². The summed E-state index contributed by atoms with van der Waals surface area (Å²) >= 11 is 6.14. The number of nitrogens with zero attached hydrogens (tertiary/aromatic N) is 1. The van der Waals surface area contributed by atoms with E-state index in [9.17, 15) is 9.59 Å². The van der Waals surface area contributed by atoms with Crippen molar-refractivity contribution in [2.24, 2.45) is 0 Å². The monoisotopic (exact) mass is 345 g/mol. The molecule has 2 aromatic carbocycles. The van der Waals surface area contributed by atoms with E-state index in [4.69, 9.17) is 21.1 Å². The predicted molar refractivity (Wildman–Crippen MR) is 91.2 cm³/mol. The first kappa shape index (κ1) is 16.3. The first-order valence-corrected chi connectivity index (χ1v) is 7.91. The van der Waals surface area contributed by atoms with Crippen LogP contribution in [0, 0.1) is 0 Å². The summed E-state index contributed by atoms with van der Waals surface area (Å²) < 4.78 is 10.7. The highest BCUT2D eigenvalue weighted by molar-refractivity contribution is 6.54. The van der Waals surface area contributed by atoms with Crippen molar-refractivity contribution in [1.29, 1.82) is 0 Å². The van der Waals surface area contributed by atoms with E-state index >= 15 is 0 Å². The molecule has 0 saturated heterocycles. The normalized spacial score (nSPS) is 13.2. The number of amides is 1. The van der Waals surface area contributed by atoms with Gasteiger partial charge in [0.1, 0.15) is 11.5 Å². The van der Waals surface area contributed by atoms with Gasteiger partial charge in [0.2, 0.25) is 0 Å². The highest BCUT2D eigenvalue weighted by Crippen LogP contribution is 2.35. The Balaban J connectivity index is 1.59. The molecule has 124 valence electrons. The first-order chi connectivity index (χ1) is 11.6. The zero-order valence-electron chi connectivity index (χ0n) is 13.1. The van der Waals surface area contributed by atoms with Crippen molar-refractivity contribution in [2.45, 2.75) is 6.42 Å². The van der Waals surface area contributed by atoms with Crippen LogP contribution in [-0.4, -0.2) is 32.0 Å². The molecule has 2 aromatic rings. The Morgan fingerprint density at radius 3 is 2.46 bits per heavy atom. The third kappa shape index (κ3) is 3.08. The molecule has 0 N–H and O–H groups in total. The number of para-hydroxylation sites is 1. The van der Waals surface area contributed by atoms with Crippen LogP contribution in [-0.2, 0) is 4.79 Å². The SMILES string of the molecule is COc1ccc(OCCCN2C(=O)C(=O)c3cccc(Cl)c32)cc1. The maximum absolute atomic E-state index is 12.1. The van der Waals surface area contributed by atoms with Crippen LogP contribution in [0.1, 0.15) is 16.8 Å². The van der Waals surface area contributed by atoms with Crippen molar-refractivity contribution in [3.8, 4) is 11.5 Å². The molecule has 0 radical (unpaired) electrons. The molecule has 0 unspecified atom stereocenters. The third-order valence-corrected chi connectivity index (χ3v) is 4.10. The van der Waals surface area contributed by atoms with Gasteiger partial charge in [-0.25, -0.2) is 0 Å². The van der Waals surface area contributed by atoms with Crippen molar-refractivity contribution in [1.82, 2.24) is 0 Å². The maximum atomic E-state index is 12.1. The fourth-order valence-corrected chi connectivity index (χ4v) is 2.89. The van der Waals surface area contributed by atoms with Crippen LogP contribution in [0.5, 0.6) is 11.5 Å². The Labute approximate surface area is 144 Å². The second-order valence-corrected chi connectivity index (χ2v) is 5.71. The van der Waals surface area contributed by atoms with Gasteiger partial charge in [0.15, 0.2) is 0 Å². The van der Waals surface area contributed by atoms with E-state index in [1.807, 2.05) is 24.3 Å². The molecule has 0 bridgehead atoms. The van der Waals surface area contributed by atoms with Crippen molar-refractivity contribution >= 4 is 29.0 Å². The molecule has 1 aliphatic heterocycles. The number of hydrogen-bond donors (Lipinski definition) is 0. The van der Waals surface area contributed by atoms with Gasteiger partial charge in [0.05, 0.1) is 30.0 Å². The van der Waals surface area contributed by atoms with Gasteiger partial charge in [-0.15, -0.1) is 0 Å². The Kier molecular flexibility index (Phi) is 4.71. The number of Topliss-reactive ketones (excluding diaryl/α,β-unsaturated/α-hetero) is 1. The van der Waals surface area contributed by atoms with E-state index in [-0.39, 0.29) is 0 Å². The lowest BCUT2D eigenvalue weighted by Crippen LogP contribution is -2.31. The van der Waals surface area contributed by atoms with Gasteiger partial charge in [-0.3, -0.25) is 9.59 Å². The second-order valence-electron chi connectivity index (χ2n) is 5.30. The summed E-state index contributed by atoms with van der Waals surface area (Å²) in [6, 6.07) is 12.2. The fraction of sp³-hybridized carbons (Fsp3) is 0.222. The minimum absolute atomic E-state index is 0.364. The number of anilines is 1. The molecule has 0 aliphatic carbocycles. The quantitative estimate of drug-likeness (QED) is 0.595. The Morgan fingerprint density at radius 1 is 1.04 bits per heavy atom.